The van der Waals surface area contributed by atoms with Crippen LogP contribution in [0, 0.1) is 0 Å². The van der Waals surface area contributed by atoms with Gasteiger partial charge in [0.15, 0.2) is 0 Å². The molecule has 0 spiro atoms. The van der Waals surface area contributed by atoms with Crippen molar-refractivity contribution in [3.05, 3.63) is 59.7 Å². The third-order valence-electron chi connectivity index (χ3n) is 3.77. The molecule has 0 bridgehead atoms. The molecule has 0 unspecified atom stereocenters. The Balaban J connectivity index is 1.61. The van der Waals surface area contributed by atoms with Gasteiger partial charge in [-0.15, -0.1) is 11.8 Å². The highest BCUT2D eigenvalue weighted by Crippen LogP contribution is 2.37. The molecule has 0 radical (unpaired) electrons. The molecule has 1 heterocycles. The van der Waals surface area contributed by atoms with Gasteiger partial charge >= 0.3 is 12.1 Å². The minimum absolute atomic E-state index is 0.126. The van der Waals surface area contributed by atoms with Gasteiger partial charge in [0.1, 0.15) is 6.61 Å². The number of amides is 1. The number of nitrogens with one attached hydrogen (secondary N) is 1. The number of hydrogen-bond donors (Lipinski definition) is 1. The molecule has 1 atom stereocenters. The lowest BCUT2D eigenvalue weighted by Crippen LogP contribution is -2.31. The van der Waals surface area contributed by atoms with E-state index in [-0.39, 0.29) is 17.9 Å². The first-order valence-corrected chi connectivity index (χ1v) is 8.60. The number of carbonyl (C=O) groups excluding carboxylic acids is 2. The first kappa shape index (κ1) is 18.3. The van der Waals surface area contributed by atoms with Crippen LogP contribution >= 0.6 is 11.8 Å². The maximum Gasteiger partial charge on any atom is 0.416 e. The Hall–Kier alpha value is -2.48. The van der Waals surface area contributed by atoms with E-state index >= 15 is 0 Å². The maximum atomic E-state index is 12.9. The van der Waals surface area contributed by atoms with Crippen LogP contribution in [-0.4, -0.2) is 17.1 Å². The monoisotopic (exact) mass is 381 g/mol. The Morgan fingerprint density at radius 1 is 1.12 bits per heavy atom. The summed E-state index contributed by atoms with van der Waals surface area (Å²) in [5.74, 6) is -1.06. The number of fused-ring (bicyclic) bond motifs is 1. The molecule has 8 heteroatoms. The highest BCUT2D eigenvalue weighted by molar-refractivity contribution is 8.01. The van der Waals surface area contributed by atoms with Crippen molar-refractivity contribution >= 4 is 29.3 Å². The fraction of sp³-hybridized carbons (Fsp3) is 0.222. The van der Waals surface area contributed by atoms with Gasteiger partial charge in [0.2, 0.25) is 5.91 Å². The molecule has 0 saturated heterocycles. The van der Waals surface area contributed by atoms with Gasteiger partial charge in [0, 0.05) is 10.5 Å². The van der Waals surface area contributed by atoms with Crippen molar-refractivity contribution in [3.8, 4) is 0 Å². The second-order valence-electron chi connectivity index (χ2n) is 5.61. The maximum absolute atomic E-state index is 12.9. The van der Waals surface area contributed by atoms with Crippen LogP contribution in [0.25, 0.3) is 0 Å². The number of ether oxygens (including phenoxy) is 1. The summed E-state index contributed by atoms with van der Waals surface area (Å²) in [5, 5.41) is 2.02. The van der Waals surface area contributed by atoms with Crippen molar-refractivity contribution in [2.45, 2.75) is 29.3 Å². The highest BCUT2D eigenvalue weighted by atomic mass is 32.2. The summed E-state index contributed by atoms with van der Waals surface area (Å²) in [7, 11) is 0. The highest BCUT2D eigenvalue weighted by Gasteiger charge is 2.33. The second kappa shape index (κ2) is 7.41. The summed E-state index contributed by atoms with van der Waals surface area (Å²) in [6, 6.07) is 12.1. The smallest absolute Gasteiger partial charge is 0.416 e. The third-order valence-corrected chi connectivity index (χ3v) is 5.05. The van der Waals surface area contributed by atoms with Crippen molar-refractivity contribution in [2.24, 2.45) is 0 Å². The molecule has 0 aliphatic carbocycles. The number of hydrogen-bond acceptors (Lipinski definition) is 4. The fourth-order valence-corrected chi connectivity index (χ4v) is 3.61. The molecule has 1 aliphatic rings. The average Bonchev–Trinajstić information content (AvgIpc) is 2.60. The number of benzene rings is 2. The van der Waals surface area contributed by atoms with Gasteiger partial charge in [-0.25, -0.2) is 0 Å². The number of para-hydroxylation sites is 1. The fourth-order valence-electron chi connectivity index (χ4n) is 2.52. The van der Waals surface area contributed by atoms with E-state index in [4.69, 9.17) is 4.74 Å². The molecule has 26 heavy (non-hydrogen) atoms. The predicted octanol–water partition coefficient (Wildman–Crippen LogP) is 4.25. The number of thioether (sulfide) groups is 1. The minimum Gasteiger partial charge on any atom is -0.461 e. The number of alkyl halides is 3. The zero-order valence-corrected chi connectivity index (χ0v) is 14.2. The summed E-state index contributed by atoms with van der Waals surface area (Å²) in [4.78, 5) is 24.9. The lowest BCUT2D eigenvalue weighted by molar-refractivity contribution is -0.148. The lowest BCUT2D eigenvalue weighted by atomic mass is 10.1. The van der Waals surface area contributed by atoms with Crippen LogP contribution in [0.15, 0.2) is 53.4 Å². The molecule has 1 aliphatic heterocycles. The van der Waals surface area contributed by atoms with Crippen molar-refractivity contribution in [1.82, 2.24) is 0 Å². The number of halogens is 3. The minimum atomic E-state index is -4.52. The number of rotatable bonds is 4. The normalized spacial score (nSPS) is 16.6. The van der Waals surface area contributed by atoms with E-state index in [1.807, 2.05) is 12.1 Å². The van der Waals surface area contributed by atoms with E-state index in [2.05, 4.69) is 5.32 Å². The standard InChI is InChI=1S/C18H14F3NO3S/c19-18(20,21)12-6-2-1-5-11(12)10-25-16(23)9-15-17(24)22-13-7-3-4-8-14(13)26-15/h1-8,15H,9-10H2,(H,22,24)/t15-/m0/s1. The number of anilines is 1. The summed E-state index contributed by atoms with van der Waals surface area (Å²) in [6.07, 6.45) is -4.75. The first-order chi connectivity index (χ1) is 12.3. The molecule has 3 rings (SSSR count). The average molecular weight is 381 g/mol. The van der Waals surface area contributed by atoms with E-state index in [9.17, 15) is 22.8 Å². The second-order valence-corrected chi connectivity index (χ2v) is 6.86. The zero-order chi connectivity index (χ0) is 18.7. The van der Waals surface area contributed by atoms with Crippen LogP contribution in [0.1, 0.15) is 17.5 Å². The molecule has 1 N–H and O–H groups in total. The molecule has 4 nitrogen and oxygen atoms in total. The van der Waals surface area contributed by atoms with Crippen LogP contribution in [0.5, 0.6) is 0 Å². The summed E-state index contributed by atoms with van der Waals surface area (Å²) < 4.78 is 43.8. The largest absolute Gasteiger partial charge is 0.461 e. The number of esters is 1. The van der Waals surface area contributed by atoms with Crippen molar-refractivity contribution < 1.29 is 27.5 Å². The van der Waals surface area contributed by atoms with Gasteiger partial charge in [-0.2, -0.15) is 13.2 Å². The van der Waals surface area contributed by atoms with E-state index in [0.717, 1.165) is 11.0 Å². The van der Waals surface area contributed by atoms with Crippen molar-refractivity contribution in [1.29, 1.82) is 0 Å². The van der Waals surface area contributed by atoms with Gasteiger partial charge in [0.25, 0.3) is 0 Å². The summed E-state index contributed by atoms with van der Waals surface area (Å²) >= 11 is 1.23. The van der Waals surface area contributed by atoms with Crippen LogP contribution in [0.2, 0.25) is 0 Å². The Morgan fingerprint density at radius 2 is 1.81 bits per heavy atom. The topological polar surface area (TPSA) is 55.4 Å². The van der Waals surface area contributed by atoms with Gasteiger partial charge in [-0.1, -0.05) is 30.3 Å². The van der Waals surface area contributed by atoms with Gasteiger partial charge in [0.05, 0.1) is 22.9 Å². The molecule has 0 saturated carbocycles. The van der Waals surface area contributed by atoms with E-state index in [1.165, 1.54) is 30.0 Å². The van der Waals surface area contributed by atoms with Crippen LogP contribution in [0.3, 0.4) is 0 Å². The molecule has 0 aromatic heterocycles. The van der Waals surface area contributed by atoms with Gasteiger partial charge in [-0.05, 0) is 18.2 Å². The number of carbonyl (C=O) groups is 2. The molecular formula is C18H14F3NO3S. The lowest BCUT2D eigenvalue weighted by Gasteiger charge is -2.23. The Kier molecular flexibility index (Phi) is 5.22. The molecule has 2 aromatic carbocycles. The van der Waals surface area contributed by atoms with Crippen molar-refractivity contribution in [2.75, 3.05) is 5.32 Å². The van der Waals surface area contributed by atoms with Crippen LogP contribution in [-0.2, 0) is 27.1 Å². The SMILES string of the molecule is O=C(C[C@@H]1Sc2ccccc2NC1=O)OCc1ccccc1C(F)(F)F. The Morgan fingerprint density at radius 3 is 2.58 bits per heavy atom. The first-order valence-electron chi connectivity index (χ1n) is 7.72. The van der Waals surface area contributed by atoms with Crippen molar-refractivity contribution in [3.63, 3.8) is 0 Å². The third kappa shape index (κ3) is 4.19. The van der Waals surface area contributed by atoms with E-state index in [1.54, 1.807) is 12.1 Å². The van der Waals surface area contributed by atoms with Gasteiger partial charge < -0.3 is 10.1 Å². The van der Waals surface area contributed by atoms with Crippen LogP contribution < -0.4 is 5.32 Å². The van der Waals surface area contributed by atoms with Gasteiger partial charge in [-0.3, -0.25) is 9.59 Å². The molecular weight excluding hydrogens is 367 g/mol. The molecule has 1 amide bonds. The van der Waals surface area contributed by atoms with E-state index in [0.29, 0.717) is 5.69 Å². The Labute approximate surface area is 151 Å². The molecule has 0 fully saturated rings. The predicted molar refractivity (Wildman–Crippen MR) is 90.6 cm³/mol. The zero-order valence-electron chi connectivity index (χ0n) is 13.4. The Bertz CT molecular complexity index is 838. The van der Waals surface area contributed by atoms with E-state index < -0.39 is 29.6 Å². The molecule has 136 valence electrons. The summed E-state index contributed by atoms with van der Waals surface area (Å²) in [5.41, 5.74) is -0.294. The summed E-state index contributed by atoms with van der Waals surface area (Å²) in [6.45, 7) is -0.496. The quantitative estimate of drug-likeness (QED) is 0.805. The molecule has 2 aromatic rings. The van der Waals surface area contributed by atoms with Crippen LogP contribution in [0.4, 0.5) is 18.9 Å².